The number of benzene rings is 3. The molecule has 0 bridgehead atoms. The number of halogens is 1. The standard InChI is InChI=1S/C28H31BrN2O2S/c1-20-12-21(2)14-24(13-20)18-34-19-27(32)31(17-23-10-7-11-25(29)15-23)26(28(33)30-3)16-22-8-5-4-6-9-22/h4-15,26H,16-19H2,1-3H3,(H,30,33). The fourth-order valence-electron chi connectivity index (χ4n) is 4.04. The van der Waals surface area contributed by atoms with Gasteiger partial charge in [-0.15, -0.1) is 11.8 Å². The van der Waals surface area contributed by atoms with E-state index in [2.05, 4.69) is 53.3 Å². The van der Waals surface area contributed by atoms with Crippen molar-refractivity contribution >= 4 is 39.5 Å². The lowest BCUT2D eigenvalue weighted by Crippen LogP contribution is -2.50. The Bertz CT molecular complexity index is 1100. The van der Waals surface area contributed by atoms with Gasteiger partial charge in [0.2, 0.25) is 11.8 Å². The fourth-order valence-corrected chi connectivity index (χ4v) is 5.34. The van der Waals surface area contributed by atoms with Crippen LogP contribution in [0.15, 0.2) is 77.3 Å². The summed E-state index contributed by atoms with van der Waals surface area (Å²) in [4.78, 5) is 28.2. The van der Waals surface area contributed by atoms with E-state index in [1.807, 2.05) is 54.6 Å². The molecule has 6 heteroatoms. The Hall–Kier alpha value is -2.57. The lowest BCUT2D eigenvalue weighted by atomic mass is 10.0. The molecule has 0 aromatic heterocycles. The molecule has 0 spiro atoms. The van der Waals surface area contributed by atoms with Crippen molar-refractivity contribution in [1.29, 1.82) is 0 Å². The van der Waals surface area contributed by atoms with Gasteiger partial charge in [0.25, 0.3) is 0 Å². The van der Waals surface area contributed by atoms with E-state index in [0.29, 0.717) is 18.7 Å². The molecule has 1 atom stereocenters. The first-order chi connectivity index (χ1) is 16.4. The van der Waals surface area contributed by atoms with Crippen LogP contribution < -0.4 is 5.32 Å². The van der Waals surface area contributed by atoms with Crippen LogP contribution in [0.3, 0.4) is 0 Å². The predicted octanol–water partition coefficient (Wildman–Crippen LogP) is 5.69. The first-order valence-corrected chi connectivity index (χ1v) is 13.2. The van der Waals surface area contributed by atoms with Crippen LogP contribution in [0.1, 0.15) is 27.8 Å². The van der Waals surface area contributed by atoms with E-state index in [4.69, 9.17) is 0 Å². The van der Waals surface area contributed by atoms with Crippen molar-refractivity contribution in [2.24, 2.45) is 0 Å². The van der Waals surface area contributed by atoms with Crippen LogP contribution in [-0.4, -0.2) is 35.6 Å². The minimum atomic E-state index is -0.597. The van der Waals surface area contributed by atoms with E-state index in [0.717, 1.165) is 21.4 Å². The summed E-state index contributed by atoms with van der Waals surface area (Å²) in [6, 6.07) is 23.6. The number of amides is 2. The number of aryl methyl sites for hydroxylation is 2. The Morgan fingerprint density at radius 2 is 1.59 bits per heavy atom. The maximum atomic E-state index is 13.5. The lowest BCUT2D eigenvalue weighted by Gasteiger charge is -2.31. The summed E-state index contributed by atoms with van der Waals surface area (Å²) >= 11 is 5.10. The van der Waals surface area contributed by atoms with Crippen molar-refractivity contribution in [1.82, 2.24) is 10.2 Å². The summed E-state index contributed by atoms with van der Waals surface area (Å²) < 4.78 is 0.946. The third-order valence-electron chi connectivity index (χ3n) is 5.54. The van der Waals surface area contributed by atoms with Crippen LogP contribution >= 0.6 is 27.7 Å². The van der Waals surface area contributed by atoms with Crippen molar-refractivity contribution in [2.45, 2.75) is 38.6 Å². The first-order valence-electron chi connectivity index (χ1n) is 11.3. The van der Waals surface area contributed by atoms with E-state index < -0.39 is 6.04 Å². The molecular formula is C28H31BrN2O2S. The first kappa shape index (κ1) is 26.0. The number of hydrogen-bond acceptors (Lipinski definition) is 3. The van der Waals surface area contributed by atoms with Crippen LogP contribution in [0.2, 0.25) is 0 Å². The molecule has 34 heavy (non-hydrogen) atoms. The molecule has 1 N–H and O–H groups in total. The zero-order valence-corrected chi connectivity index (χ0v) is 22.3. The molecule has 4 nitrogen and oxygen atoms in total. The molecule has 0 aliphatic carbocycles. The highest BCUT2D eigenvalue weighted by atomic mass is 79.9. The largest absolute Gasteiger partial charge is 0.357 e. The molecular weight excluding hydrogens is 508 g/mol. The number of nitrogens with zero attached hydrogens (tertiary/aromatic N) is 1. The maximum Gasteiger partial charge on any atom is 0.242 e. The Morgan fingerprint density at radius 3 is 2.24 bits per heavy atom. The Kier molecular flexibility index (Phi) is 9.78. The molecule has 0 radical (unpaired) electrons. The van der Waals surface area contributed by atoms with Crippen molar-refractivity contribution in [3.8, 4) is 0 Å². The topological polar surface area (TPSA) is 49.4 Å². The molecule has 1 unspecified atom stereocenters. The third kappa shape index (κ3) is 7.74. The van der Waals surface area contributed by atoms with E-state index in [1.54, 1.807) is 23.7 Å². The highest BCUT2D eigenvalue weighted by molar-refractivity contribution is 9.10. The summed E-state index contributed by atoms with van der Waals surface area (Å²) in [6.45, 7) is 4.54. The number of likely N-dealkylation sites (N-methyl/N-ethyl adjacent to an activating group) is 1. The molecule has 0 fully saturated rings. The van der Waals surface area contributed by atoms with E-state index in [1.165, 1.54) is 16.7 Å². The Morgan fingerprint density at radius 1 is 0.912 bits per heavy atom. The highest BCUT2D eigenvalue weighted by Gasteiger charge is 2.29. The van der Waals surface area contributed by atoms with Crippen LogP contribution in [0.5, 0.6) is 0 Å². The van der Waals surface area contributed by atoms with Crippen LogP contribution in [0.25, 0.3) is 0 Å². The van der Waals surface area contributed by atoms with E-state index >= 15 is 0 Å². The van der Waals surface area contributed by atoms with Gasteiger partial charge in [0.15, 0.2) is 0 Å². The maximum absolute atomic E-state index is 13.5. The average molecular weight is 540 g/mol. The average Bonchev–Trinajstić information content (AvgIpc) is 2.81. The number of carbonyl (C=O) groups is 2. The molecule has 0 saturated carbocycles. The summed E-state index contributed by atoms with van der Waals surface area (Å²) in [6.07, 6.45) is 0.460. The molecule has 3 rings (SSSR count). The Labute approximate surface area is 215 Å². The molecule has 0 aliphatic heterocycles. The summed E-state index contributed by atoms with van der Waals surface area (Å²) in [5.41, 5.74) is 5.65. The van der Waals surface area contributed by atoms with Gasteiger partial charge in [-0.1, -0.05) is 87.7 Å². The van der Waals surface area contributed by atoms with Crippen molar-refractivity contribution < 1.29 is 9.59 Å². The van der Waals surface area contributed by atoms with Gasteiger partial charge >= 0.3 is 0 Å². The number of thioether (sulfide) groups is 1. The van der Waals surface area contributed by atoms with Crippen molar-refractivity contribution in [3.63, 3.8) is 0 Å². The molecule has 0 heterocycles. The van der Waals surface area contributed by atoms with Crippen LogP contribution in [-0.2, 0) is 28.3 Å². The lowest BCUT2D eigenvalue weighted by molar-refractivity contribution is -0.139. The second kappa shape index (κ2) is 12.8. The molecule has 3 aromatic carbocycles. The van der Waals surface area contributed by atoms with Gasteiger partial charge in [-0.2, -0.15) is 0 Å². The highest BCUT2D eigenvalue weighted by Crippen LogP contribution is 2.21. The number of hydrogen-bond donors (Lipinski definition) is 1. The van der Waals surface area contributed by atoms with E-state index in [-0.39, 0.29) is 11.8 Å². The monoisotopic (exact) mass is 538 g/mol. The molecule has 2 amide bonds. The molecule has 0 aliphatic rings. The summed E-state index contributed by atoms with van der Waals surface area (Å²) in [7, 11) is 1.62. The van der Waals surface area contributed by atoms with E-state index in [9.17, 15) is 9.59 Å². The zero-order valence-electron chi connectivity index (χ0n) is 19.9. The summed E-state index contributed by atoms with van der Waals surface area (Å²) in [5.74, 6) is 0.858. The number of carbonyl (C=O) groups excluding carboxylic acids is 2. The minimum Gasteiger partial charge on any atom is -0.357 e. The van der Waals surface area contributed by atoms with Gasteiger partial charge in [0, 0.05) is 30.2 Å². The second-order valence-electron chi connectivity index (χ2n) is 8.46. The van der Waals surface area contributed by atoms with Gasteiger partial charge in [0.05, 0.1) is 5.75 Å². The minimum absolute atomic E-state index is 0.0427. The van der Waals surface area contributed by atoms with Crippen molar-refractivity contribution in [3.05, 3.63) is 105 Å². The quantitative estimate of drug-likeness (QED) is 0.361. The van der Waals surface area contributed by atoms with Crippen LogP contribution in [0, 0.1) is 13.8 Å². The van der Waals surface area contributed by atoms with Crippen molar-refractivity contribution in [2.75, 3.05) is 12.8 Å². The Balaban J connectivity index is 1.81. The third-order valence-corrected chi connectivity index (χ3v) is 7.02. The van der Waals surface area contributed by atoms with Gasteiger partial charge in [-0.3, -0.25) is 9.59 Å². The number of rotatable bonds is 10. The van der Waals surface area contributed by atoms with Crippen LogP contribution in [0.4, 0.5) is 0 Å². The van der Waals surface area contributed by atoms with Gasteiger partial charge in [-0.25, -0.2) is 0 Å². The second-order valence-corrected chi connectivity index (χ2v) is 10.4. The van der Waals surface area contributed by atoms with Gasteiger partial charge < -0.3 is 10.2 Å². The molecule has 3 aromatic rings. The number of nitrogens with one attached hydrogen (secondary N) is 1. The summed E-state index contributed by atoms with van der Waals surface area (Å²) in [5, 5.41) is 2.76. The fraction of sp³-hybridized carbons (Fsp3) is 0.286. The smallest absolute Gasteiger partial charge is 0.242 e. The SMILES string of the molecule is CNC(=O)C(Cc1ccccc1)N(Cc1cccc(Br)c1)C(=O)CSCc1cc(C)cc(C)c1. The normalized spacial score (nSPS) is 11.6. The predicted molar refractivity (Wildman–Crippen MR) is 145 cm³/mol. The molecule has 178 valence electrons. The molecule has 0 saturated heterocycles. The van der Waals surface area contributed by atoms with Gasteiger partial charge in [-0.05, 0) is 42.7 Å². The van der Waals surface area contributed by atoms with Gasteiger partial charge in [0.1, 0.15) is 6.04 Å². The zero-order chi connectivity index (χ0) is 24.5.